The third-order valence-electron chi connectivity index (χ3n) is 5.34. The normalized spacial score (nSPS) is 11.1. The van der Waals surface area contributed by atoms with E-state index in [9.17, 15) is 5.26 Å². The standard InChI is InChI=1S/C24H32N8O.HI/c1-4-20-19(22(5-2)33-31-20)16-29-24(27-6-3)28-14-10-13-21-18(15-25)23(26)32(30-21)17-11-8-7-9-12-17;/h7-9,11-12H,4-6,10,13-14,16,26H2,1-3H3,(H2,27,28,29);1H. The minimum atomic E-state index is 0. The van der Waals surface area contributed by atoms with Crippen molar-refractivity contribution in [3.8, 4) is 11.8 Å². The van der Waals surface area contributed by atoms with Crippen LogP contribution < -0.4 is 16.4 Å². The molecule has 0 aliphatic rings. The molecule has 4 N–H and O–H groups in total. The molecule has 3 aromatic rings. The molecule has 0 spiro atoms. The van der Waals surface area contributed by atoms with Crippen molar-refractivity contribution in [1.82, 2.24) is 25.6 Å². The van der Waals surface area contributed by atoms with Crippen LogP contribution in [0, 0.1) is 11.3 Å². The second kappa shape index (κ2) is 13.6. The van der Waals surface area contributed by atoms with Gasteiger partial charge in [0, 0.05) is 25.1 Å². The summed E-state index contributed by atoms with van der Waals surface area (Å²) in [6.07, 6.45) is 3.02. The number of nitriles is 1. The van der Waals surface area contributed by atoms with Gasteiger partial charge in [-0.1, -0.05) is 37.2 Å². The molecule has 0 unspecified atom stereocenters. The van der Waals surface area contributed by atoms with Crippen molar-refractivity contribution >= 4 is 35.8 Å². The van der Waals surface area contributed by atoms with Crippen LogP contribution in [0.1, 0.15) is 55.5 Å². The van der Waals surface area contributed by atoms with Crippen molar-refractivity contribution < 1.29 is 4.52 Å². The average Bonchev–Trinajstić information content (AvgIpc) is 3.40. The van der Waals surface area contributed by atoms with Crippen LogP contribution in [0.5, 0.6) is 0 Å². The number of aliphatic imine (C=N–C) groups is 1. The van der Waals surface area contributed by atoms with Crippen LogP contribution in [0.2, 0.25) is 0 Å². The quantitative estimate of drug-likeness (QED) is 0.145. The summed E-state index contributed by atoms with van der Waals surface area (Å²) >= 11 is 0. The number of benzene rings is 1. The number of hydrogen-bond donors (Lipinski definition) is 3. The molecule has 0 aliphatic heterocycles. The highest BCUT2D eigenvalue weighted by Crippen LogP contribution is 2.21. The first-order valence-corrected chi connectivity index (χ1v) is 11.4. The van der Waals surface area contributed by atoms with Gasteiger partial charge in [0.1, 0.15) is 23.2 Å². The molecule has 0 saturated heterocycles. The number of para-hydroxylation sites is 1. The lowest BCUT2D eigenvalue weighted by Gasteiger charge is -2.11. The maximum absolute atomic E-state index is 9.58. The number of nitrogen functional groups attached to an aromatic ring is 1. The van der Waals surface area contributed by atoms with Crippen LogP contribution in [0.25, 0.3) is 5.69 Å². The van der Waals surface area contributed by atoms with Crippen LogP contribution in [0.4, 0.5) is 5.82 Å². The van der Waals surface area contributed by atoms with Gasteiger partial charge >= 0.3 is 0 Å². The molecule has 1 aromatic carbocycles. The Labute approximate surface area is 217 Å². The van der Waals surface area contributed by atoms with Gasteiger partial charge in [0.2, 0.25) is 0 Å². The fourth-order valence-corrected chi connectivity index (χ4v) is 3.62. The zero-order valence-electron chi connectivity index (χ0n) is 20.0. The van der Waals surface area contributed by atoms with Gasteiger partial charge in [0.25, 0.3) is 0 Å². The maximum atomic E-state index is 9.58. The first-order valence-electron chi connectivity index (χ1n) is 11.4. The Hall–Kier alpha value is -3.07. The molecule has 34 heavy (non-hydrogen) atoms. The van der Waals surface area contributed by atoms with E-state index in [2.05, 4.69) is 40.8 Å². The largest absolute Gasteiger partial charge is 0.382 e. The van der Waals surface area contributed by atoms with Crippen molar-refractivity contribution in [2.24, 2.45) is 4.99 Å². The average molecular weight is 576 g/mol. The van der Waals surface area contributed by atoms with Gasteiger partial charge in [-0.2, -0.15) is 10.4 Å². The van der Waals surface area contributed by atoms with Crippen LogP contribution in [0.15, 0.2) is 39.8 Å². The van der Waals surface area contributed by atoms with E-state index in [1.54, 1.807) is 4.68 Å². The first-order chi connectivity index (χ1) is 16.1. The second-order valence-corrected chi connectivity index (χ2v) is 7.53. The Morgan fingerprint density at radius 3 is 2.56 bits per heavy atom. The van der Waals surface area contributed by atoms with Crippen LogP contribution in [-0.4, -0.2) is 34.0 Å². The highest BCUT2D eigenvalue weighted by Gasteiger charge is 2.16. The number of aryl methyl sites for hydroxylation is 3. The number of nitrogens with one attached hydrogen (secondary N) is 2. The van der Waals surface area contributed by atoms with E-state index in [-0.39, 0.29) is 24.0 Å². The van der Waals surface area contributed by atoms with E-state index in [0.717, 1.165) is 54.5 Å². The molecule has 9 nitrogen and oxygen atoms in total. The molecule has 0 radical (unpaired) electrons. The van der Waals surface area contributed by atoms with Crippen molar-refractivity contribution in [3.63, 3.8) is 0 Å². The number of halogens is 1. The zero-order valence-corrected chi connectivity index (χ0v) is 22.3. The number of nitrogens with zero attached hydrogens (tertiary/aromatic N) is 5. The van der Waals surface area contributed by atoms with Gasteiger partial charge < -0.3 is 20.9 Å². The molecular weight excluding hydrogens is 543 g/mol. The Morgan fingerprint density at radius 1 is 1.15 bits per heavy atom. The van der Waals surface area contributed by atoms with E-state index in [4.69, 9.17) is 15.2 Å². The molecule has 0 atom stereocenters. The summed E-state index contributed by atoms with van der Waals surface area (Å²) in [7, 11) is 0. The molecule has 0 aliphatic carbocycles. The molecular formula is C24H33IN8O. The van der Waals surface area contributed by atoms with Crippen LogP contribution >= 0.6 is 24.0 Å². The molecule has 182 valence electrons. The van der Waals surface area contributed by atoms with Gasteiger partial charge in [-0.15, -0.1) is 24.0 Å². The van der Waals surface area contributed by atoms with Gasteiger partial charge in [-0.25, -0.2) is 9.67 Å². The summed E-state index contributed by atoms with van der Waals surface area (Å²) in [5, 5.41) is 25.0. The van der Waals surface area contributed by atoms with E-state index in [1.165, 1.54) is 0 Å². The maximum Gasteiger partial charge on any atom is 0.191 e. The Kier molecular flexibility index (Phi) is 10.9. The van der Waals surface area contributed by atoms with Crippen LogP contribution in [0.3, 0.4) is 0 Å². The van der Waals surface area contributed by atoms with E-state index in [0.29, 0.717) is 36.6 Å². The number of hydrogen-bond acceptors (Lipinski definition) is 6. The van der Waals surface area contributed by atoms with Crippen LogP contribution in [-0.2, 0) is 25.8 Å². The number of anilines is 1. The van der Waals surface area contributed by atoms with Gasteiger partial charge in [-0.05, 0) is 38.3 Å². The van der Waals surface area contributed by atoms with E-state index >= 15 is 0 Å². The second-order valence-electron chi connectivity index (χ2n) is 7.53. The number of aromatic nitrogens is 3. The van der Waals surface area contributed by atoms with Crippen molar-refractivity contribution in [3.05, 3.63) is 58.6 Å². The number of guanidine groups is 1. The third kappa shape index (κ3) is 6.50. The Bertz CT molecular complexity index is 1090. The predicted molar refractivity (Wildman–Crippen MR) is 145 cm³/mol. The predicted octanol–water partition coefficient (Wildman–Crippen LogP) is 3.74. The van der Waals surface area contributed by atoms with Crippen molar-refractivity contribution in [2.45, 2.75) is 53.0 Å². The van der Waals surface area contributed by atoms with E-state index in [1.807, 2.05) is 37.3 Å². The summed E-state index contributed by atoms with van der Waals surface area (Å²) < 4.78 is 7.06. The van der Waals surface area contributed by atoms with Gasteiger partial charge in [0.15, 0.2) is 5.96 Å². The van der Waals surface area contributed by atoms with E-state index < -0.39 is 0 Å². The summed E-state index contributed by atoms with van der Waals surface area (Å²) in [6.45, 7) is 8.10. The fourth-order valence-electron chi connectivity index (χ4n) is 3.62. The summed E-state index contributed by atoms with van der Waals surface area (Å²) in [4.78, 5) is 4.71. The minimum Gasteiger partial charge on any atom is -0.382 e. The summed E-state index contributed by atoms with van der Waals surface area (Å²) in [5.41, 5.74) is 10.2. The molecule has 0 bridgehead atoms. The van der Waals surface area contributed by atoms with Crippen molar-refractivity contribution in [1.29, 1.82) is 5.26 Å². The SMILES string of the molecule is CCNC(=NCc1c(CC)noc1CC)NCCCc1nn(-c2ccccc2)c(N)c1C#N.I. The molecule has 0 fully saturated rings. The topological polar surface area (TPSA) is 130 Å². The molecule has 10 heteroatoms. The zero-order chi connectivity index (χ0) is 23.6. The Morgan fingerprint density at radius 2 is 1.91 bits per heavy atom. The summed E-state index contributed by atoms with van der Waals surface area (Å²) in [6, 6.07) is 11.8. The lowest BCUT2D eigenvalue weighted by Crippen LogP contribution is -2.37. The Balaban J connectivity index is 0.00000408. The third-order valence-corrected chi connectivity index (χ3v) is 5.34. The number of rotatable bonds is 10. The number of nitrogens with two attached hydrogens (primary N) is 1. The van der Waals surface area contributed by atoms with Gasteiger partial charge in [0.05, 0.1) is 23.6 Å². The first kappa shape index (κ1) is 27.2. The molecule has 0 amide bonds. The summed E-state index contributed by atoms with van der Waals surface area (Å²) in [5.74, 6) is 1.99. The fraction of sp³-hybridized carbons (Fsp3) is 0.417. The molecule has 2 heterocycles. The van der Waals surface area contributed by atoms with Gasteiger partial charge in [-0.3, -0.25) is 0 Å². The molecule has 0 saturated carbocycles. The lowest BCUT2D eigenvalue weighted by atomic mass is 10.1. The minimum absolute atomic E-state index is 0. The van der Waals surface area contributed by atoms with Crippen molar-refractivity contribution in [2.75, 3.05) is 18.8 Å². The highest BCUT2D eigenvalue weighted by atomic mass is 127. The molecule has 2 aromatic heterocycles. The lowest BCUT2D eigenvalue weighted by molar-refractivity contribution is 0.380. The smallest absolute Gasteiger partial charge is 0.191 e. The molecule has 3 rings (SSSR count). The highest BCUT2D eigenvalue weighted by molar-refractivity contribution is 14.0. The monoisotopic (exact) mass is 576 g/mol.